The maximum absolute atomic E-state index is 13.5. The van der Waals surface area contributed by atoms with Crippen molar-refractivity contribution >= 4 is 23.5 Å². The highest BCUT2D eigenvalue weighted by Gasteiger charge is 2.22. The summed E-state index contributed by atoms with van der Waals surface area (Å²) in [5.41, 5.74) is 5.62. The highest BCUT2D eigenvalue weighted by molar-refractivity contribution is 6.31. The van der Waals surface area contributed by atoms with Gasteiger partial charge in [-0.3, -0.25) is 9.59 Å². The van der Waals surface area contributed by atoms with Gasteiger partial charge in [-0.15, -0.1) is 0 Å². The van der Waals surface area contributed by atoms with Crippen LogP contribution in [0.25, 0.3) is 0 Å². The van der Waals surface area contributed by atoms with Crippen LogP contribution in [-0.4, -0.2) is 35.0 Å². The zero-order valence-corrected chi connectivity index (χ0v) is 11.0. The molecule has 0 fully saturated rings. The lowest BCUT2D eigenvalue weighted by atomic mass is 10.1. The molecule has 104 valence electrons. The second-order valence-electron chi connectivity index (χ2n) is 4.10. The molecule has 1 amide bonds. The molecule has 1 aromatic carbocycles. The summed E-state index contributed by atoms with van der Waals surface area (Å²) in [7, 11) is 1.41. The fourth-order valence-corrected chi connectivity index (χ4v) is 1.78. The minimum absolute atomic E-state index is 0.0718. The van der Waals surface area contributed by atoms with Gasteiger partial charge in [0, 0.05) is 24.2 Å². The lowest BCUT2D eigenvalue weighted by Crippen LogP contribution is -2.42. The Morgan fingerprint density at radius 3 is 2.68 bits per heavy atom. The molecule has 1 rings (SSSR count). The molecular weight excluding hydrogens is 275 g/mol. The van der Waals surface area contributed by atoms with Gasteiger partial charge in [-0.1, -0.05) is 17.7 Å². The third-order valence-electron chi connectivity index (χ3n) is 2.54. The first-order valence-electron chi connectivity index (χ1n) is 5.48. The quantitative estimate of drug-likeness (QED) is 0.854. The van der Waals surface area contributed by atoms with Gasteiger partial charge in [0.2, 0.25) is 5.91 Å². The van der Waals surface area contributed by atoms with E-state index >= 15 is 0 Å². The Labute approximate surface area is 114 Å². The van der Waals surface area contributed by atoms with Crippen LogP contribution in [0.2, 0.25) is 5.02 Å². The molecule has 0 aliphatic rings. The predicted octanol–water partition coefficient (Wildman–Crippen LogP) is 1.24. The van der Waals surface area contributed by atoms with Gasteiger partial charge in [-0.2, -0.15) is 0 Å². The monoisotopic (exact) mass is 288 g/mol. The summed E-state index contributed by atoms with van der Waals surface area (Å²) in [6, 6.07) is 3.04. The lowest BCUT2D eigenvalue weighted by molar-refractivity contribution is -0.141. The molecule has 0 radical (unpaired) electrons. The molecule has 0 saturated heterocycles. The van der Waals surface area contributed by atoms with Crippen LogP contribution >= 0.6 is 11.6 Å². The van der Waals surface area contributed by atoms with E-state index in [1.807, 2.05) is 0 Å². The van der Waals surface area contributed by atoms with Crippen LogP contribution in [0.15, 0.2) is 18.2 Å². The molecule has 0 aliphatic heterocycles. The maximum atomic E-state index is 13.5. The first-order chi connectivity index (χ1) is 8.82. The molecule has 0 aromatic heterocycles. The highest BCUT2D eigenvalue weighted by Crippen LogP contribution is 2.20. The first kappa shape index (κ1) is 15.4. The van der Waals surface area contributed by atoms with Gasteiger partial charge in [-0.05, 0) is 12.1 Å². The van der Waals surface area contributed by atoms with Crippen molar-refractivity contribution in [3.63, 3.8) is 0 Å². The predicted molar refractivity (Wildman–Crippen MR) is 68.1 cm³/mol. The molecule has 3 N–H and O–H groups in total. The van der Waals surface area contributed by atoms with Crippen molar-refractivity contribution in [2.75, 3.05) is 7.05 Å². The van der Waals surface area contributed by atoms with Gasteiger partial charge >= 0.3 is 5.97 Å². The summed E-state index contributed by atoms with van der Waals surface area (Å²) in [6.45, 7) is -0.0718. The summed E-state index contributed by atoms with van der Waals surface area (Å²) in [4.78, 5) is 23.4. The van der Waals surface area contributed by atoms with E-state index in [9.17, 15) is 14.0 Å². The Kier molecular flexibility index (Phi) is 5.26. The average molecular weight is 289 g/mol. The molecule has 0 bridgehead atoms. The summed E-state index contributed by atoms with van der Waals surface area (Å²) in [5, 5.41) is 8.76. The molecule has 0 heterocycles. The van der Waals surface area contributed by atoms with E-state index in [1.54, 1.807) is 0 Å². The van der Waals surface area contributed by atoms with Gasteiger partial charge in [0.15, 0.2) is 0 Å². The number of aliphatic carboxylic acids is 1. The van der Waals surface area contributed by atoms with Gasteiger partial charge < -0.3 is 15.7 Å². The number of nitrogens with two attached hydrogens (primary N) is 1. The Bertz CT molecular complexity index is 476. The molecule has 5 nitrogen and oxygen atoms in total. The van der Waals surface area contributed by atoms with E-state index in [0.29, 0.717) is 0 Å². The summed E-state index contributed by atoms with van der Waals surface area (Å²) in [6.07, 6.45) is -0.478. The minimum atomic E-state index is -1.17. The topological polar surface area (TPSA) is 83.6 Å². The molecule has 1 aromatic rings. The van der Waals surface area contributed by atoms with E-state index in [2.05, 4.69) is 0 Å². The molecular formula is C12H14ClFN2O3. The number of halogens is 2. The number of amides is 1. The molecule has 19 heavy (non-hydrogen) atoms. The number of carboxylic acid groups (broad SMARTS) is 1. The van der Waals surface area contributed by atoms with Crippen molar-refractivity contribution in [1.29, 1.82) is 0 Å². The molecule has 7 heteroatoms. The average Bonchev–Trinajstić information content (AvgIpc) is 2.32. The molecule has 0 aliphatic carbocycles. The Hall–Kier alpha value is -1.66. The van der Waals surface area contributed by atoms with Crippen LogP contribution in [0.5, 0.6) is 0 Å². The number of carboxylic acids is 1. The van der Waals surface area contributed by atoms with Crippen molar-refractivity contribution in [1.82, 2.24) is 4.90 Å². The standard InChI is InChI=1S/C12H14ClFN2O3/c1-16(12(19)10(15)5-11(17)18)6-7-8(13)3-2-4-9(7)14/h2-4,10H,5-6,15H2,1H3,(H,17,18). The van der Waals surface area contributed by atoms with Gasteiger partial charge in [0.05, 0.1) is 12.5 Å². The van der Waals surface area contributed by atoms with Crippen LogP contribution in [0.3, 0.4) is 0 Å². The number of hydrogen-bond donors (Lipinski definition) is 2. The van der Waals surface area contributed by atoms with Gasteiger partial charge in [0.1, 0.15) is 5.82 Å². The van der Waals surface area contributed by atoms with Crippen LogP contribution in [-0.2, 0) is 16.1 Å². The van der Waals surface area contributed by atoms with Crippen molar-refractivity contribution in [3.8, 4) is 0 Å². The van der Waals surface area contributed by atoms with Crippen LogP contribution in [0, 0.1) is 5.82 Å². The number of likely N-dealkylation sites (N-methyl/N-ethyl adjacent to an activating group) is 1. The van der Waals surface area contributed by atoms with Crippen LogP contribution < -0.4 is 5.73 Å². The lowest BCUT2D eigenvalue weighted by Gasteiger charge is -2.21. The van der Waals surface area contributed by atoms with E-state index in [-0.39, 0.29) is 17.1 Å². The van der Waals surface area contributed by atoms with Crippen molar-refractivity contribution in [2.45, 2.75) is 19.0 Å². The third-order valence-corrected chi connectivity index (χ3v) is 2.90. The number of nitrogens with zero attached hydrogens (tertiary/aromatic N) is 1. The zero-order chi connectivity index (χ0) is 14.6. The Morgan fingerprint density at radius 1 is 1.53 bits per heavy atom. The number of carbonyl (C=O) groups is 2. The molecule has 0 saturated carbocycles. The smallest absolute Gasteiger partial charge is 0.305 e. The van der Waals surface area contributed by atoms with E-state index in [0.717, 1.165) is 4.90 Å². The first-order valence-corrected chi connectivity index (χ1v) is 5.86. The van der Waals surface area contributed by atoms with Gasteiger partial charge in [-0.25, -0.2) is 4.39 Å². The Balaban J connectivity index is 2.77. The number of carbonyl (C=O) groups excluding carboxylic acids is 1. The second kappa shape index (κ2) is 6.49. The maximum Gasteiger partial charge on any atom is 0.305 e. The summed E-state index contributed by atoms with van der Waals surface area (Å²) < 4.78 is 13.5. The van der Waals surface area contributed by atoms with Crippen LogP contribution in [0.4, 0.5) is 4.39 Å². The summed E-state index contributed by atoms with van der Waals surface area (Å²) >= 11 is 5.84. The molecule has 1 unspecified atom stereocenters. The number of hydrogen-bond acceptors (Lipinski definition) is 3. The summed E-state index contributed by atoms with van der Waals surface area (Å²) in [5.74, 6) is -2.28. The van der Waals surface area contributed by atoms with Crippen molar-refractivity contribution < 1.29 is 19.1 Å². The third kappa shape index (κ3) is 4.18. The van der Waals surface area contributed by atoms with E-state index in [4.69, 9.17) is 22.4 Å². The number of rotatable bonds is 5. The van der Waals surface area contributed by atoms with Crippen LogP contribution in [0.1, 0.15) is 12.0 Å². The zero-order valence-electron chi connectivity index (χ0n) is 10.3. The second-order valence-corrected chi connectivity index (χ2v) is 4.51. The van der Waals surface area contributed by atoms with Gasteiger partial charge in [0.25, 0.3) is 0 Å². The van der Waals surface area contributed by atoms with Crippen molar-refractivity contribution in [2.24, 2.45) is 5.73 Å². The van der Waals surface area contributed by atoms with Crippen molar-refractivity contribution in [3.05, 3.63) is 34.6 Å². The number of benzene rings is 1. The molecule has 0 spiro atoms. The highest BCUT2D eigenvalue weighted by atomic mass is 35.5. The fraction of sp³-hybridized carbons (Fsp3) is 0.333. The van der Waals surface area contributed by atoms with E-state index in [1.165, 1.54) is 25.2 Å². The van der Waals surface area contributed by atoms with E-state index < -0.39 is 30.2 Å². The SMILES string of the molecule is CN(Cc1c(F)cccc1Cl)C(=O)C(N)CC(=O)O. The minimum Gasteiger partial charge on any atom is -0.481 e. The Morgan fingerprint density at radius 2 is 2.16 bits per heavy atom. The largest absolute Gasteiger partial charge is 0.481 e. The fourth-order valence-electron chi connectivity index (χ4n) is 1.56. The normalized spacial score (nSPS) is 12.0. The molecule has 1 atom stereocenters.